The van der Waals surface area contributed by atoms with Crippen molar-refractivity contribution in [1.82, 2.24) is 19.9 Å². The van der Waals surface area contributed by atoms with Crippen molar-refractivity contribution < 1.29 is 35.5 Å². The van der Waals surface area contributed by atoms with Gasteiger partial charge in [0.1, 0.15) is 35.6 Å². The molecule has 3 aromatic rings. The minimum absolute atomic E-state index is 0.0680. The average molecular weight is 637 g/mol. The first-order valence-corrected chi connectivity index (χ1v) is 15.0. The molecule has 1 aromatic carbocycles. The lowest BCUT2D eigenvalue weighted by Gasteiger charge is -2.31. The fraction of sp³-hybridized carbons (Fsp3) is 0.516. The van der Waals surface area contributed by atoms with Gasteiger partial charge in [0.15, 0.2) is 5.82 Å². The number of ether oxygens (including phenoxy) is 1. The molecule has 14 heteroatoms. The summed E-state index contributed by atoms with van der Waals surface area (Å²) in [5, 5.41) is 0.0767. The molecular formula is C31H31F7N6O. The Morgan fingerprint density at radius 3 is 2.69 bits per heavy atom. The highest BCUT2D eigenvalue weighted by Gasteiger charge is 2.56. The van der Waals surface area contributed by atoms with Gasteiger partial charge in [-0.3, -0.25) is 9.88 Å². The van der Waals surface area contributed by atoms with Gasteiger partial charge in [-0.15, -0.1) is 0 Å². The Kier molecular flexibility index (Phi) is 7.13. The summed E-state index contributed by atoms with van der Waals surface area (Å²) in [7, 11) is 0. The first-order chi connectivity index (χ1) is 21.4. The molecule has 0 bridgehead atoms. The van der Waals surface area contributed by atoms with Crippen LogP contribution >= 0.6 is 0 Å². The van der Waals surface area contributed by atoms with E-state index in [1.165, 1.54) is 0 Å². The lowest BCUT2D eigenvalue weighted by molar-refractivity contribution is -0.137. The Morgan fingerprint density at radius 1 is 1.13 bits per heavy atom. The molecule has 0 amide bonds. The molecule has 3 aliphatic heterocycles. The van der Waals surface area contributed by atoms with Crippen LogP contribution in [0.1, 0.15) is 49.7 Å². The third-order valence-corrected chi connectivity index (χ3v) is 9.88. The minimum atomic E-state index is -5.05. The van der Waals surface area contributed by atoms with Crippen LogP contribution in [0.4, 0.5) is 42.2 Å². The first-order valence-electron chi connectivity index (χ1n) is 15.0. The Labute approximate surface area is 254 Å². The maximum Gasteiger partial charge on any atom is 0.417 e. The minimum Gasteiger partial charge on any atom is -0.461 e. The number of hydrogen-bond acceptors (Lipinski definition) is 7. The van der Waals surface area contributed by atoms with E-state index < -0.39 is 63.6 Å². The molecule has 4 aliphatic rings. The molecule has 7 nitrogen and oxygen atoms in total. The van der Waals surface area contributed by atoms with Gasteiger partial charge in [0, 0.05) is 30.8 Å². The number of anilines is 2. The normalized spacial score (nSPS) is 27.6. The highest BCUT2D eigenvalue weighted by Crippen LogP contribution is 2.49. The van der Waals surface area contributed by atoms with E-state index in [1.807, 2.05) is 0 Å². The summed E-state index contributed by atoms with van der Waals surface area (Å²) in [5.41, 5.74) is 1.18. The van der Waals surface area contributed by atoms with Crippen LogP contribution in [-0.2, 0) is 6.18 Å². The highest BCUT2D eigenvalue weighted by molar-refractivity contribution is 5.93. The van der Waals surface area contributed by atoms with Gasteiger partial charge in [0.2, 0.25) is 0 Å². The van der Waals surface area contributed by atoms with E-state index >= 15 is 4.39 Å². The number of nitrogens with two attached hydrogens (primary N) is 1. The van der Waals surface area contributed by atoms with Gasteiger partial charge in [0.05, 0.1) is 34.5 Å². The van der Waals surface area contributed by atoms with Crippen molar-refractivity contribution in [3.05, 3.63) is 46.9 Å². The van der Waals surface area contributed by atoms with Gasteiger partial charge < -0.3 is 15.4 Å². The summed E-state index contributed by atoms with van der Waals surface area (Å²) >= 11 is 0. The number of pyridine rings is 1. The second-order valence-electron chi connectivity index (χ2n) is 12.6. The third kappa shape index (κ3) is 4.86. The maximum absolute atomic E-state index is 16.5. The molecule has 0 unspecified atom stereocenters. The predicted molar refractivity (Wildman–Crippen MR) is 153 cm³/mol. The summed E-state index contributed by atoms with van der Waals surface area (Å²) in [6.07, 6.45) is -0.110. The van der Waals surface area contributed by atoms with Crippen LogP contribution < -0.4 is 15.4 Å². The fourth-order valence-electron chi connectivity index (χ4n) is 7.62. The van der Waals surface area contributed by atoms with E-state index in [4.69, 9.17) is 10.5 Å². The number of halogens is 7. The quantitative estimate of drug-likeness (QED) is 0.247. The molecule has 4 fully saturated rings. The molecule has 3 saturated heterocycles. The predicted octanol–water partition coefficient (Wildman–Crippen LogP) is 6.68. The summed E-state index contributed by atoms with van der Waals surface area (Å²) in [6.45, 7) is 2.62. The molecular weight excluding hydrogens is 605 g/mol. The molecule has 1 saturated carbocycles. The third-order valence-electron chi connectivity index (χ3n) is 9.88. The number of nitrogens with zero attached hydrogens (tertiary/aromatic N) is 5. The van der Waals surface area contributed by atoms with E-state index in [0.29, 0.717) is 43.9 Å². The lowest BCUT2D eigenvalue weighted by atomic mass is 9.94. The molecule has 45 heavy (non-hydrogen) atoms. The van der Waals surface area contributed by atoms with Gasteiger partial charge in [0.25, 0.3) is 0 Å². The van der Waals surface area contributed by atoms with Crippen LogP contribution in [0, 0.1) is 24.5 Å². The second kappa shape index (κ2) is 10.7. The van der Waals surface area contributed by atoms with Gasteiger partial charge in [-0.2, -0.15) is 23.1 Å². The summed E-state index contributed by atoms with van der Waals surface area (Å²) < 4.78 is 108. The van der Waals surface area contributed by atoms with E-state index in [1.54, 1.807) is 4.90 Å². The topological polar surface area (TPSA) is 80.4 Å². The number of aromatic nitrogens is 3. The Balaban J connectivity index is 1.37. The average Bonchev–Trinajstić information content (AvgIpc) is 3.35. The van der Waals surface area contributed by atoms with Gasteiger partial charge in [-0.05, 0) is 62.8 Å². The zero-order valence-corrected chi connectivity index (χ0v) is 24.4. The number of alkyl halides is 4. The van der Waals surface area contributed by atoms with Crippen molar-refractivity contribution in [3.8, 4) is 17.3 Å². The molecule has 240 valence electrons. The van der Waals surface area contributed by atoms with Crippen LogP contribution in [0.15, 0.2) is 24.2 Å². The maximum atomic E-state index is 16.5. The SMILES string of the molecule is Cc1c(F)c(N)cc(-c2ncc3c(N4CCCC[C@H]5[C@@H](F)[C@H]54)nc(OC[C@@]45CCCN4C/C(=C\F)C5)nc3c2F)c1C(F)(F)F. The summed E-state index contributed by atoms with van der Waals surface area (Å²) in [5.74, 6) is -2.51. The van der Waals surface area contributed by atoms with Crippen molar-refractivity contribution in [3.63, 3.8) is 0 Å². The summed E-state index contributed by atoms with van der Waals surface area (Å²) in [4.78, 5) is 16.8. The Morgan fingerprint density at radius 2 is 1.93 bits per heavy atom. The largest absolute Gasteiger partial charge is 0.461 e. The van der Waals surface area contributed by atoms with Gasteiger partial charge >= 0.3 is 12.2 Å². The molecule has 0 spiro atoms. The second-order valence-corrected chi connectivity index (χ2v) is 12.6. The zero-order chi connectivity index (χ0) is 31.8. The zero-order valence-electron chi connectivity index (χ0n) is 24.4. The monoisotopic (exact) mass is 636 g/mol. The van der Waals surface area contributed by atoms with Crippen molar-refractivity contribution in [2.75, 3.05) is 36.9 Å². The Bertz CT molecular complexity index is 1710. The smallest absolute Gasteiger partial charge is 0.417 e. The number of hydrogen-bond donors (Lipinski definition) is 1. The lowest BCUT2D eigenvalue weighted by Crippen LogP contribution is -2.43. The molecule has 2 aromatic heterocycles. The fourth-order valence-corrected chi connectivity index (χ4v) is 7.62. The van der Waals surface area contributed by atoms with Crippen LogP contribution in [0.25, 0.3) is 22.2 Å². The van der Waals surface area contributed by atoms with Crippen molar-refractivity contribution in [2.45, 2.75) is 69.4 Å². The molecule has 1 aliphatic carbocycles. The van der Waals surface area contributed by atoms with Crippen LogP contribution in [0.5, 0.6) is 6.01 Å². The summed E-state index contributed by atoms with van der Waals surface area (Å²) in [6, 6.07) is -0.0212. The van der Waals surface area contributed by atoms with E-state index in [-0.39, 0.29) is 35.3 Å². The van der Waals surface area contributed by atoms with Gasteiger partial charge in [-0.25, -0.2) is 17.6 Å². The first kappa shape index (κ1) is 30.0. The number of nitrogen functional groups attached to an aromatic ring is 1. The Hall–Kier alpha value is -3.68. The number of rotatable bonds is 5. The highest BCUT2D eigenvalue weighted by atomic mass is 19.4. The number of fused-ring (bicyclic) bond motifs is 3. The van der Waals surface area contributed by atoms with E-state index in [9.17, 15) is 26.3 Å². The number of benzene rings is 1. The molecule has 4 atom stereocenters. The van der Waals surface area contributed by atoms with Crippen molar-refractivity contribution in [1.29, 1.82) is 0 Å². The van der Waals surface area contributed by atoms with E-state index in [0.717, 1.165) is 45.3 Å². The van der Waals surface area contributed by atoms with Crippen molar-refractivity contribution >= 4 is 22.4 Å². The molecule has 2 N–H and O–H groups in total. The molecule has 5 heterocycles. The molecule has 0 radical (unpaired) electrons. The van der Waals surface area contributed by atoms with Crippen LogP contribution in [0.2, 0.25) is 0 Å². The standard InChI is InChI=1S/C31H31F7N6O/c1-15-21(31(36,37)38)18(9-20(39)22(15)33)25-24(35)26-19(12-40-25)28(44-8-3-2-5-17-23(34)27(17)44)42-29(41-26)45-14-30-6-4-7-43(30)13-16(10-30)11-32/h9,11-12,17,23,27H,2-8,10,13-14,39H2,1H3/b16-11-/t17-,23+,27-,30-/m0/s1. The van der Waals surface area contributed by atoms with Crippen LogP contribution in [-0.4, -0.2) is 63.8 Å². The molecule has 7 rings (SSSR count). The van der Waals surface area contributed by atoms with E-state index in [2.05, 4.69) is 19.9 Å². The van der Waals surface area contributed by atoms with Crippen LogP contribution in [0.3, 0.4) is 0 Å². The van der Waals surface area contributed by atoms with Gasteiger partial charge in [-0.1, -0.05) is 6.42 Å². The van der Waals surface area contributed by atoms with Crippen molar-refractivity contribution in [2.24, 2.45) is 5.92 Å².